The van der Waals surface area contributed by atoms with Crippen LogP contribution in [0, 0.1) is 12.8 Å². The normalized spacial score (nSPS) is 20.8. The number of nitrogens with one attached hydrogen (secondary N) is 1. The van der Waals surface area contributed by atoms with Gasteiger partial charge in [-0.05, 0) is 48.2 Å². The summed E-state index contributed by atoms with van der Waals surface area (Å²) in [7, 11) is 0. The number of carboxylic acid groups (broad SMARTS) is 1. The van der Waals surface area contributed by atoms with Gasteiger partial charge < -0.3 is 15.0 Å². The Kier molecular flexibility index (Phi) is 4.43. The smallest absolute Gasteiger partial charge is 0.306 e. The van der Waals surface area contributed by atoms with E-state index in [1.165, 1.54) is 0 Å². The number of hydrogen-bond donors (Lipinski definition) is 2. The molecule has 1 aromatic carbocycles. The van der Waals surface area contributed by atoms with Crippen LogP contribution in [0.15, 0.2) is 28.7 Å². The van der Waals surface area contributed by atoms with Gasteiger partial charge >= 0.3 is 5.97 Å². The lowest BCUT2D eigenvalue weighted by Gasteiger charge is -2.14. The summed E-state index contributed by atoms with van der Waals surface area (Å²) in [5.41, 5.74) is 2.03. The highest BCUT2D eigenvalue weighted by Crippen LogP contribution is 2.30. The number of fused-ring (bicyclic) bond motifs is 1. The van der Waals surface area contributed by atoms with E-state index in [4.69, 9.17) is 5.11 Å². The first-order valence-electron chi connectivity index (χ1n) is 7.73. The molecular formula is C17H19BrN2O3. The third kappa shape index (κ3) is 3.13. The fourth-order valence-corrected chi connectivity index (χ4v) is 3.90. The Labute approximate surface area is 142 Å². The molecule has 2 aromatic rings. The Morgan fingerprint density at radius 3 is 2.78 bits per heavy atom. The van der Waals surface area contributed by atoms with E-state index in [0.717, 1.165) is 27.5 Å². The van der Waals surface area contributed by atoms with Gasteiger partial charge in [0.2, 0.25) is 5.91 Å². The number of rotatable bonds is 4. The summed E-state index contributed by atoms with van der Waals surface area (Å²) in [4.78, 5) is 23.4. The van der Waals surface area contributed by atoms with Gasteiger partial charge in [-0.2, -0.15) is 0 Å². The lowest BCUT2D eigenvalue weighted by molar-refractivity contribution is -0.141. The molecule has 6 heteroatoms. The molecule has 0 bridgehead atoms. The summed E-state index contributed by atoms with van der Waals surface area (Å²) in [5, 5.41) is 13.1. The van der Waals surface area contributed by atoms with Crippen LogP contribution in [0.3, 0.4) is 0 Å². The Bertz CT molecular complexity index is 769. The molecule has 1 amide bonds. The van der Waals surface area contributed by atoms with Gasteiger partial charge in [0.1, 0.15) is 6.54 Å². The topological polar surface area (TPSA) is 71.3 Å². The summed E-state index contributed by atoms with van der Waals surface area (Å²) in [6.07, 6.45) is 1.89. The molecule has 0 aliphatic heterocycles. The fourth-order valence-electron chi connectivity index (χ4n) is 3.35. The van der Waals surface area contributed by atoms with Crippen molar-refractivity contribution in [2.45, 2.75) is 38.8 Å². The highest BCUT2D eigenvalue weighted by atomic mass is 79.9. The van der Waals surface area contributed by atoms with Crippen LogP contribution in [0.5, 0.6) is 0 Å². The van der Waals surface area contributed by atoms with Crippen LogP contribution in [-0.2, 0) is 16.1 Å². The molecule has 1 aliphatic carbocycles. The van der Waals surface area contributed by atoms with Crippen LogP contribution < -0.4 is 5.32 Å². The van der Waals surface area contributed by atoms with Crippen molar-refractivity contribution < 1.29 is 14.7 Å². The second-order valence-corrected chi connectivity index (χ2v) is 6.91. The first-order valence-corrected chi connectivity index (χ1v) is 8.52. The van der Waals surface area contributed by atoms with Gasteiger partial charge in [0.05, 0.1) is 5.92 Å². The number of carboxylic acids is 1. The van der Waals surface area contributed by atoms with Crippen LogP contribution in [0.2, 0.25) is 0 Å². The van der Waals surface area contributed by atoms with Crippen molar-refractivity contribution in [3.63, 3.8) is 0 Å². The Hall–Kier alpha value is -1.82. The second-order valence-electron chi connectivity index (χ2n) is 6.12. The van der Waals surface area contributed by atoms with Crippen molar-refractivity contribution in [3.05, 3.63) is 34.4 Å². The largest absolute Gasteiger partial charge is 0.481 e. The van der Waals surface area contributed by atoms with Gasteiger partial charge in [-0.15, -0.1) is 0 Å². The maximum Gasteiger partial charge on any atom is 0.306 e. The molecule has 0 saturated heterocycles. The number of para-hydroxylation sites is 1. The van der Waals surface area contributed by atoms with Crippen LogP contribution in [-0.4, -0.2) is 27.6 Å². The average molecular weight is 379 g/mol. The summed E-state index contributed by atoms with van der Waals surface area (Å²) in [6, 6.07) is 7.92. The van der Waals surface area contributed by atoms with Gasteiger partial charge in [0.25, 0.3) is 0 Å². The molecule has 3 rings (SSSR count). The number of carbonyl (C=O) groups excluding carboxylic acids is 1. The first-order chi connectivity index (χ1) is 11.0. The molecule has 1 aliphatic rings. The Morgan fingerprint density at radius 2 is 2.09 bits per heavy atom. The molecule has 122 valence electrons. The van der Waals surface area contributed by atoms with Crippen molar-refractivity contribution in [2.24, 2.45) is 5.92 Å². The number of carbonyl (C=O) groups is 2. The van der Waals surface area contributed by atoms with E-state index in [-0.39, 0.29) is 24.4 Å². The third-order valence-electron chi connectivity index (χ3n) is 4.60. The summed E-state index contributed by atoms with van der Waals surface area (Å²) in [6.45, 7) is 2.22. The lowest BCUT2D eigenvalue weighted by atomic mass is 10.1. The summed E-state index contributed by atoms with van der Waals surface area (Å²) >= 11 is 3.59. The fraction of sp³-hybridized carbons (Fsp3) is 0.412. The molecule has 2 atom stereocenters. The monoisotopic (exact) mass is 378 g/mol. The maximum absolute atomic E-state index is 12.4. The van der Waals surface area contributed by atoms with Crippen LogP contribution in [0.1, 0.15) is 25.0 Å². The van der Waals surface area contributed by atoms with Gasteiger partial charge in [0.15, 0.2) is 0 Å². The molecule has 5 nitrogen and oxygen atoms in total. The van der Waals surface area contributed by atoms with Gasteiger partial charge in [-0.25, -0.2) is 0 Å². The summed E-state index contributed by atoms with van der Waals surface area (Å²) in [5.74, 6) is -1.17. The zero-order valence-electron chi connectivity index (χ0n) is 12.9. The maximum atomic E-state index is 12.4. The van der Waals surface area contributed by atoms with E-state index >= 15 is 0 Å². The molecule has 0 radical (unpaired) electrons. The van der Waals surface area contributed by atoms with Crippen molar-refractivity contribution in [1.29, 1.82) is 0 Å². The standard InChI is InChI=1S/C17H19BrN2O3/c1-10-16(18)13-4-2-3-5-14(13)20(10)9-15(21)19-12-7-6-11(8-12)17(22)23/h2-5,11-12H,6-9H2,1H3,(H,19,21)(H,22,23)/t11-,12+/m0/s1. The van der Waals surface area contributed by atoms with Crippen molar-refractivity contribution >= 4 is 38.7 Å². The van der Waals surface area contributed by atoms with E-state index in [0.29, 0.717) is 12.8 Å². The minimum Gasteiger partial charge on any atom is -0.481 e. The number of aromatic nitrogens is 1. The van der Waals surface area contributed by atoms with E-state index in [2.05, 4.69) is 21.2 Å². The van der Waals surface area contributed by atoms with Crippen molar-refractivity contribution in [3.8, 4) is 0 Å². The summed E-state index contributed by atoms with van der Waals surface area (Å²) < 4.78 is 2.99. The number of hydrogen-bond acceptors (Lipinski definition) is 2. The van der Waals surface area contributed by atoms with E-state index < -0.39 is 5.97 Å². The first kappa shape index (κ1) is 16.1. The number of halogens is 1. The minimum absolute atomic E-state index is 0.0332. The quantitative estimate of drug-likeness (QED) is 0.858. The zero-order valence-corrected chi connectivity index (χ0v) is 14.5. The molecule has 1 aromatic heterocycles. The Balaban J connectivity index is 1.72. The molecule has 23 heavy (non-hydrogen) atoms. The third-order valence-corrected chi connectivity index (χ3v) is 5.60. The molecule has 1 heterocycles. The van der Waals surface area contributed by atoms with Gasteiger partial charge in [-0.1, -0.05) is 18.2 Å². The van der Waals surface area contributed by atoms with Crippen LogP contribution in [0.25, 0.3) is 10.9 Å². The average Bonchev–Trinajstić information content (AvgIpc) is 3.07. The molecule has 0 unspecified atom stereocenters. The van der Waals surface area contributed by atoms with Gasteiger partial charge in [0, 0.05) is 27.1 Å². The lowest BCUT2D eigenvalue weighted by Crippen LogP contribution is -2.35. The molecule has 0 spiro atoms. The predicted octanol–water partition coefficient (Wildman–Crippen LogP) is 3.08. The molecule has 1 saturated carbocycles. The molecular weight excluding hydrogens is 360 g/mol. The van der Waals surface area contributed by atoms with E-state index in [1.54, 1.807) is 0 Å². The highest BCUT2D eigenvalue weighted by molar-refractivity contribution is 9.10. The van der Waals surface area contributed by atoms with E-state index in [1.807, 2.05) is 35.8 Å². The molecule has 2 N–H and O–H groups in total. The number of nitrogens with zero attached hydrogens (tertiary/aromatic N) is 1. The van der Waals surface area contributed by atoms with Gasteiger partial charge in [-0.3, -0.25) is 9.59 Å². The SMILES string of the molecule is Cc1c(Br)c2ccccc2n1CC(=O)N[C@@H]1CC[C@H](C(=O)O)C1. The zero-order chi connectivity index (χ0) is 16.6. The predicted molar refractivity (Wildman–Crippen MR) is 91.3 cm³/mol. The highest BCUT2D eigenvalue weighted by Gasteiger charge is 2.30. The second kappa shape index (κ2) is 6.35. The number of amides is 1. The van der Waals surface area contributed by atoms with Crippen LogP contribution in [0.4, 0.5) is 0 Å². The number of aliphatic carboxylic acids is 1. The molecule has 1 fully saturated rings. The van der Waals surface area contributed by atoms with Crippen LogP contribution >= 0.6 is 15.9 Å². The van der Waals surface area contributed by atoms with Crippen molar-refractivity contribution in [1.82, 2.24) is 9.88 Å². The number of benzene rings is 1. The minimum atomic E-state index is -0.766. The Morgan fingerprint density at radius 1 is 1.35 bits per heavy atom. The van der Waals surface area contributed by atoms with E-state index in [9.17, 15) is 9.59 Å². The van der Waals surface area contributed by atoms with Crippen molar-refractivity contribution in [2.75, 3.05) is 0 Å².